The summed E-state index contributed by atoms with van der Waals surface area (Å²) < 4.78 is 22.0. The highest BCUT2D eigenvalue weighted by Crippen LogP contribution is 2.20. The first-order chi connectivity index (χ1) is 6.17. The number of nitrogens with two attached hydrogens (primary N) is 1. The molecule has 0 aromatic carbocycles. The molecule has 0 fully saturated rings. The number of hydrogen-bond donors (Lipinski definition) is 1. The molecule has 0 aliphatic rings. The van der Waals surface area contributed by atoms with Crippen LogP contribution < -0.4 is 5.73 Å². The van der Waals surface area contributed by atoms with E-state index >= 15 is 0 Å². The maximum Gasteiger partial charge on any atom is 0.160 e. The molecular formula is C8H21NO2S2Si. The third-order valence-electron chi connectivity index (χ3n) is 1.83. The zero-order valence-corrected chi connectivity index (χ0v) is 12.0. The fraction of sp³-hybridized carbons (Fsp3) is 1.00. The topological polar surface area (TPSA) is 60.2 Å². The van der Waals surface area contributed by atoms with Crippen LogP contribution in [0.15, 0.2) is 0 Å². The first kappa shape index (κ1) is 14.5. The molecule has 0 aliphatic carbocycles. The van der Waals surface area contributed by atoms with Crippen LogP contribution in [0.5, 0.6) is 0 Å². The Morgan fingerprint density at radius 3 is 2.14 bits per heavy atom. The van der Waals surface area contributed by atoms with Crippen molar-refractivity contribution in [3.63, 3.8) is 0 Å². The predicted octanol–water partition coefficient (Wildman–Crippen LogP) is 1.39. The van der Waals surface area contributed by atoms with Crippen molar-refractivity contribution in [3.05, 3.63) is 0 Å². The van der Waals surface area contributed by atoms with E-state index in [0.29, 0.717) is 0 Å². The normalized spacial score (nSPS) is 15.5. The van der Waals surface area contributed by atoms with E-state index in [2.05, 4.69) is 19.6 Å². The first-order valence-electron chi connectivity index (χ1n) is 4.67. The Hall–Kier alpha value is 0.477. The lowest BCUT2D eigenvalue weighted by atomic mass is 10.8. The van der Waals surface area contributed by atoms with Crippen LogP contribution in [0.4, 0.5) is 0 Å². The van der Waals surface area contributed by atoms with Crippen molar-refractivity contribution in [1.29, 1.82) is 0 Å². The Balaban J connectivity index is 4.00. The van der Waals surface area contributed by atoms with Gasteiger partial charge in [0.05, 0.1) is 0 Å². The number of hydrogen-bond acceptors (Lipinski definition) is 4. The van der Waals surface area contributed by atoms with Gasteiger partial charge in [-0.15, -0.1) is 11.8 Å². The van der Waals surface area contributed by atoms with Gasteiger partial charge in [-0.2, -0.15) is 0 Å². The van der Waals surface area contributed by atoms with Gasteiger partial charge in [-0.1, -0.05) is 19.6 Å². The van der Waals surface area contributed by atoms with Crippen LogP contribution in [0.3, 0.4) is 0 Å². The summed E-state index contributed by atoms with van der Waals surface area (Å²) in [5, 5.41) is 0. The number of rotatable bonds is 6. The third-order valence-corrected chi connectivity index (χ3v) is 7.55. The van der Waals surface area contributed by atoms with Gasteiger partial charge in [0.1, 0.15) is 4.58 Å². The van der Waals surface area contributed by atoms with Gasteiger partial charge in [0.2, 0.25) is 0 Å². The lowest BCUT2D eigenvalue weighted by molar-refractivity contribution is 0.599. The van der Waals surface area contributed by atoms with E-state index in [9.17, 15) is 8.42 Å². The van der Waals surface area contributed by atoms with Crippen molar-refractivity contribution in [3.8, 4) is 0 Å². The lowest BCUT2D eigenvalue weighted by Crippen LogP contribution is -2.27. The smallest absolute Gasteiger partial charge is 0.160 e. The van der Waals surface area contributed by atoms with E-state index < -0.39 is 22.5 Å². The highest BCUT2D eigenvalue weighted by atomic mass is 32.3. The maximum absolute atomic E-state index is 11.2. The second-order valence-electron chi connectivity index (χ2n) is 4.68. The van der Waals surface area contributed by atoms with Crippen molar-refractivity contribution < 1.29 is 8.42 Å². The zero-order chi connectivity index (χ0) is 11.4. The van der Waals surface area contributed by atoms with Crippen molar-refractivity contribution in [2.45, 2.75) is 30.3 Å². The summed E-state index contributed by atoms with van der Waals surface area (Å²) in [6, 6.07) is 1.14. The van der Waals surface area contributed by atoms with Gasteiger partial charge in [0, 0.05) is 20.9 Å². The summed E-state index contributed by atoms with van der Waals surface area (Å²) in [5.41, 5.74) is 5.42. The van der Waals surface area contributed by atoms with Crippen LogP contribution in [0.1, 0.15) is 0 Å². The van der Waals surface area contributed by atoms with Crippen LogP contribution in [-0.2, 0) is 9.84 Å². The molecule has 0 rings (SSSR count). The predicted molar refractivity (Wildman–Crippen MR) is 68.3 cm³/mol. The largest absolute Gasteiger partial charge is 0.328 e. The molecule has 14 heavy (non-hydrogen) atoms. The molecule has 0 amide bonds. The molecule has 86 valence electrons. The minimum Gasteiger partial charge on any atom is -0.328 e. The van der Waals surface area contributed by atoms with Gasteiger partial charge in [0.25, 0.3) is 0 Å². The molecule has 1 atom stereocenters. The van der Waals surface area contributed by atoms with Gasteiger partial charge < -0.3 is 5.73 Å². The summed E-state index contributed by atoms with van der Waals surface area (Å²) in [7, 11) is -4.03. The Morgan fingerprint density at radius 1 is 1.36 bits per heavy atom. The molecule has 0 aromatic heterocycles. The van der Waals surface area contributed by atoms with Crippen LogP contribution in [0, 0.1) is 0 Å². The summed E-state index contributed by atoms with van der Waals surface area (Å²) >= 11 is 1.48. The summed E-state index contributed by atoms with van der Waals surface area (Å²) in [4.78, 5) is 0. The van der Waals surface area contributed by atoms with Gasteiger partial charge in [-0.25, -0.2) is 8.42 Å². The lowest BCUT2D eigenvalue weighted by Gasteiger charge is -2.17. The molecule has 0 radical (unpaired) electrons. The van der Waals surface area contributed by atoms with Crippen LogP contribution in [0.25, 0.3) is 0 Å². The quantitative estimate of drug-likeness (QED) is 0.729. The standard InChI is InChI=1S/C8H21NO2S2Si/c1-13(10,11)8(7-9)12-5-6-14(2,3)4/h8H,5-7,9H2,1-4H3. The number of sulfone groups is 1. The van der Waals surface area contributed by atoms with Crippen molar-refractivity contribution in [2.75, 3.05) is 18.6 Å². The second kappa shape index (κ2) is 5.53. The van der Waals surface area contributed by atoms with Crippen molar-refractivity contribution >= 4 is 29.7 Å². The van der Waals surface area contributed by atoms with E-state index in [1.807, 2.05) is 0 Å². The second-order valence-corrected chi connectivity index (χ2v) is 14.1. The summed E-state index contributed by atoms with van der Waals surface area (Å²) in [5.74, 6) is 0.907. The molecule has 1 unspecified atom stereocenters. The van der Waals surface area contributed by atoms with Crippen molar-refractivity contribution in [2.24, 2.45) is 5.73 Å². The highest BCUT2D eigenvalue weighted by Gasteiger charge is 2.20. The average molecular weight is 255 g/mol. The molecule has 0 bridgehead atoms. The SMILES string of the molecule is C[Si](C)(C)CCSC(CN)S(C)(=O)=O. The Kier molecular flexibility index (Phi) is 5.72. The van der Waals surface area contributed by atoms with Crippen LogP contribution >= 0.6 is 11.8 Å². The van der Waals surface area contributed by atoms with Gasteiger partial charge in [-0.3, -0.25) is 0 Å². The van der Waals surface area contributed by atoms with E-state index in [4.69, 9.17) is 5.73 Å². The highest BCUT2D eigenvalue weighted by molar-refractivity contribution is 8.13. The van der Waals surface area contributed by atoms with E-state index in [1.165, 1.54) is 18.0 Å². The number of thioether (sulfide) groups is 1. The molecule has 0 saturated carbocycles. The van der Waals surface area contributed by atoms with E-state index in [0.717, 1.165) is 11.8 Å². The fourth-order valence-electron chi connectivity index (χ4n) is 0.863. The molecule has 0 saturated heterocycles. The maximum atomic E-state index is 11.2. The molecule has 0 aromatic rings. The monoisotopic (exact) mass is 255 g/mol. The molecule has 0 aliphatic heterocycles. The van der Waals surface area contributed by atoms with Crippen LogP contribution in [0.2, 0.25) is 25.7 Å². The molecule has 0 heterocycles. The molecule has 3 nitrogen and oxygen atoms in total. The molecule has 2 N–H and O–H groups in total. The molecule has 6 heteroatoms. The van der Waals surface area contributed by atoms with E-state index in [-0.39, 0.29) is 6.54 Å². The minimum atomic E-state index is -2.98. The third kappa shape index (κ3) is 6.86. The first-order valence-corrected chi connectivity index (χ1v) is 11.4. The Morgan fingerprint density at radius 2 is 1.86 bits per heavy atom. The van der Waals surface area contributed by atoms with Gasteiger partial charge in [0.15, 0.2) is 9.84 Å². The van der Waals surface area contributed by atoms with Crippen molar-refractivity contribution in [1.82, 2.24) is 0 Å². The molecule has 0 spiro atoms. The summed E-state index contributed by atoms with van der Waals surface area (Å²) in [6.45, 7) is 7.07. The Labute approximate surface area is 92.8 Å². The van der Waals surface area contributed by atoms with E-state index in [1.54, 1.807) is 0 Å². The fourth-order valence-corrected chi connectivity index (χ4v) is 5.81. The zero-order valence-electron chi connectivity index (χ0n) is 9.41. The Bertz CT molecular complexity index is 259. The van der Waals surface area contributed by atoms with Crippen LogP contribution in [-0.4, -0.2) is 39.6 Å². The van der Waals surface area contributed by atoms with Gasteiger partial charge in [-0.05, 0) is 11.8 Å². The summed E-state index contributed by atoms with van der Waals surface area (Å²) in [6.07, 6.45) is 1.26. The molecular weight excluding hydrogens is 234 g/mol. The van der Waals surface area contributed by atoms with Gasteiger partial charge >= 0.3 is 0 Å². The average Bonchev–Trinajstić information content (AvgIpc) is 1.93. The minimum absolute atomic E-state index is 0.217.